The molecule has 4 unspecified atom stereocenters. The number of hydrogen-bond acceptors (Lipinski definition) is 5. The van der Waals surface area contributed by atoms with Gasteiger partial charge in [0, 0.05) is 31.1 Å². The number of piperidine rings is 2. The smallest absolute Gasteiger partial charge is 0.408 e. The van der Waals surface area contributed by atoms with Crippen molar-refractivity contribution in [3.05, 3.63) is 23.0 Å². The molecule has 0 spiro atoms. The number of Topliss-reactive ketones (excluding diaryl/α,β-unsaturated/α-hetero) is 1. The van der Waals surface area contributed by atoms with Gasteiger partial charge in [-0.05, 0) is 45.6 Å². The minimum Gasteiger partial charge on any atom is -0.496 e. The number of piperazine rings is 1. The Morgan fingerprint density at radius 3 is 2.79 bits per heavy atom. The third kappa shape index (κ3) is 2.93. The number of carboxylic acid groups (broad SMARTS) is 1. The molecular weight excluding hydrogens is 372 g/mol. The summed E-state index contributed by atoms with van der Waals surface area (Å²) >= 11 is 0. The van der Waals surface area contributed by atoms with Gasteiger partial charge in [-0.15, -0.1) is 0 Å². The molecular formula is C22H32N2O5. The van der Waals surface area contributed by atoms with Crippen LogP contribution < -0.4 is 0 Å². The van der Waals surface area contributed by atoms with Gasteiger partial charge < -0.3 is 14.9 Å². The van der Waals surface area contributed by atoms with Crippen LogP contribution in [0.25, 0.3) is 0 Å². The van der Waals surface area contributed by atoms with Gasteiger partial charge in [0.05, 0.1) is 29.4 Å². The maximum absolute atomic E-state index is 12.8. The summed E-state index contributed by atoms with van der Waals surface area (Å²) in [6.45, 7) is 9.40. The highest BCUT2D eigenvalue weighted by Crippen LogP contribution is 2.48. The maximum atomic E-state index is 12.8. The van der Waals surface area contributed by atoms with Crippen LogP contribution >= 0.6 is 0 Å². The van der Waals surface area contributed by atoms with Gasteiger partial charge in [0.15, 0.2) is 0 Å². The largest absolute Gasteiger partial charge is 0.496 e. The zero-order valence-electron chi connectivity index (χ0n) is 17.8. The molecule has 7 heteroatoms. The third-order valence-electron chi connectivity index (χ3n) is 7.84. The van der Waals surface area contributed by atoms with Crippen LogP contribution in [0, 0.1) is 5.92 Å². The number of amides is 1. The van der Waals surface area contributed by atoms with Gasteiger partial charge in [-0.25, -0.2) is 4.79 Å². The van der Waals surface area contributed by atoms with E-state index in [1.807, 2.05) is 27.7 Å². The lowest BCUT2D eigenvalue weighted by Crippen LogP contribution is -2.79. The molecule has 4 atom stereocenters. The number of hydrogen-bond donors (Lipinski definition) is 2. The highest BCUT2D eigenvalue weighted by molar-refractivity contribution is 5.90. The normalized spacial score (nSPS) is 34.7. The summed E-state index contributed by atoms with van der Waals surface area (Å²) in [6.07, 6.45) is 2.78. The molecule has 4 aliphatic heterocycles. The van der Waals surface area contributed by atoms with Crippen LogP contribution in [-0.4, -0.2) is 74.8 Å². The second kappa shape index (κ2) is 6.84. The van der Waals surface area contributed by atoms with E-state index in [9.17, 15) is 19.8 Å². The topological polar surface area (TPSA) is 90.3 Å². The number of carbonyl (C=O) groups excluding carboxylic acids is 1. The lowest BCUT2D eigenvalue weighted by Gasteiger charge is -2.66. The summed E-state index contributed by atoms with van der Waals surface area (Å²) in [5.74, 6) is -0.477. The third-order valence-corrected chi connectivity index (χ3v) is 7.84. The van der Waals surface area contributed by atoms with Gasteiger partial charge in [0.25, 0.3) is 0 Å². The number of aliphatic hydroxyl groups excluding tert-OH is 1. The molecule has 1 aliphatic carbocycles. The molecule has 1 amide bonds. The Morgan fingerprint density at radius 1 is 1.41 bits per heavy atom. The molecule has 2 N–H and O–H groups in total. The molecule has 4 heterocycles. The van der Waals surface area contributed by atoms with Crippen molar-refractivity contribution in [2.24, 2.45) is 5.92 Å². The number of nitrogens with zero attached hydrogens (tertiary/aromatic N) is 2. The number of ketones is 1. The monoisotopic (exact) mass is 404 g/mol. The average Bonchev–Trinajstić information content (AvgIpc) is 3.09. The van der Waals surface area contributed by atoms with Crippen molar-refractivity contribution in [3.63, 3.8) is 0 Å². The lowest BCUT2D eigenvalue weighted by molar-refractivity contribution is -0.154. The second-order valence-corrected chi connectivity index (χ2v) is 9.64. The molecule has 0 aromatic carbocycles. The SMILES string of the molecule is CCC12CCC(N(CC(O)C3C(=O)CC4=COCC4=C3C)C1)C(C)(C)N2C(=O)O. The van der Waals surface area contributed by atoms with Gasteiger partial charge >= 0.3 is 6.09 Å². The summed E-state index contributed by atoms with van der Waals surface area (Å²) in [6, 6.07) is 0.0265. The lowest BCUT2D eigenvalue weighted by atomic mass is 9.68. The van der Waals surface area contributed by atoms with Crippen molar-refractivity contribution >= 4 is 11.9 Å². The molecule has 0 saturated carbocycles. The summed E-state index contributed by atoms with van der Waals surface area (Å²) in [5.41, 5.74) is 1.92. The Kier molecular flexibility index (Phi) is 4.82. The van der Waals surface area contributed by atoms with Crippen molar-refractivity contribution in [1.82, 2.24) is 9.80 Å². The van der Waals surface area contributed by atoms with E-state index in [0.717, 1.165) is 36.0 Å². The van der Waals surface area contributed by atoms with Crippen LogP contribution in [0.5, 0.6) is 0 Å². The highest BCUT2D eigenvalue weighted by Gasteiger charge is 2.60. The van der Waals surface area contributed by atoms with Gasteiger partial charge in [-0.2, -0.15) is 0 Å². The molecule has 0 radical (unpaired) electrons. The molecule has 5 rings (SSSR count). The van der Waals surface area contributed by atoms with Crippen molar-refractivity contribution in [2.75, 3.05) is 19.7 Å². The molecule has 0 aromatic heterocycles. The second-order valence-electron chi connectivity index (χ2n) is 9.64. The fourth-order valence-corrected chi connectivity index (χ4v) is 6.47. The van der Waals surface area contributed by atoms with Crippen molar-refractivity contribution < 1.29 is 24.5 Å². The first-order chi connectivity index (χ1) is 13.6. The van der Waals surface area contributed by atoms with E-state index < -0.39 is 29.2 Å². The first-order valence-corrected chi connectivity index (χ1v) is 10.6. The molecule has 3 fully saturated rings. The van der Waals surface area contributed by atoms with Crippen LogP contribution in [0.3, 0.4) is 0 Å². The van der Waals surface area contributed by atoms with Crippen molar-refractivity contribution in [3.8, 4) is 0 Å². The predicted molar refractivity (Wildman–Crippen MR) is 107 cm³/mol. The molecule has 160 valence electrons. The van der Waals surface area contributed by atoms with Crippen LogP contribution in [-0.2, 0) is 9.53 Å². The summed E-state index contributed by atoms with van der Waals surface area (Å²) in [7, 11) is 0. The van der Waals surface area contributed by atoms with Crippen LogP contribution in [0.2, 0.25) is 0 Å². The Bertz CT molecular complexity index is 801. The molecule has 2 bridgehead atoms. The van der Waals surface area contributed by atoms with E-state index in [1.54, 1.807) is 11.2 Å². The minimum absolute atomic E-state index is 0.0265. The number of carbonyl (C=O) groups is 2. The van der Waals surface area contributed by atoms with Crippen LogP contribution in [0.1, 0.15) is 53.4 Å². The van der Waals surface area contributed by atoms with Gasteiger partial charge in [-0.1, -0.05) is 12.5 Å². The molecule has 5 aliphatic rings. The number of fused-ring (bicyclic) bond motifs is 4. The fraction of sp³-hybridized carbons (Fsp3) is 0.727. The average molecular weight is 405 g/mol. The highest BCUT2D eigenvalue weighted by atomic mass is 16.5. The van der Waals surface area contributed by atoms with E-state index in [-0.39, 0.29) is 11.8 Å². The van der Waals surface area contributed by atoms with Crippen LogP contribution in [0.4, 0.5) is 4.79 Å². The summed E-state index contributed by atoms with van der Waals surface area (Å²) in [4.78, 5) is 28.8. The van der Waals surface area contributed by atoms with E-state index in [2.05, 4.69) is 4.90 Å². The Morgan fingerprint density at radius 2 is 2.14 bits per heavy atom. The quantitative estimate of drug-likeness (QED) is 0.748. The molecule has 29 heavy (non-hydrogen) atoms. The molecule has 0 aromatic rings. The first-order valence-electron chi connectivity index (χ1n) is 10.6. The Balaban J connectivity index is 1.59. The van der Waals surface area contributed by atoms with Crippen molar-refractivity contribution in [1.29, 1.82) is 0 Å². The Labute approximate surface area is 172 Å². The first kappa shape index (κ1) is 20.4. The van der Waals surface area contributed by atoms with E-state index in [4.69, 9.17) is 4.74 Å². The fourth-order valence-electron chi connectivity index (χ4n) is 6.47. The zero-order valence-corrected chi connectivity index (χ0v) is 17.8. The van der Waals surface area contributed by atoms with Gasteiger partial charge in [0.1, 0.15) is 12.4 Å². The molecule has 3 saturated heterocycles. The summed E-state index contributed by atoms with van der Waals surface area (Å²) in [5, 5.41) is 21.0. The van der Waals surface area contributed by atoms with Gasteiger partial charge in [-0.3, -0.25) is 14.6 Å². The molecule has 7 nitrogen and oxygen atoms in total. The van der Waals surface area contributed by atoms with E-state index in [1.165, 1.54) is 0 Å². The van der Waals surface area contributed by atoms with Gasteiger partial charge in [0.2, 0.25) is 0 Å². The number of aliphatic hydroxyl groups is 1. The van der Waals surface area contributed by atoms with Crippen LogP contribution in [0.15, 0.2) is 23.0 Å². The zero-order chi connectivity index (χ0) is 21.1. The standard InChI is InChI=1S/C22H32N2O5/c1-5-22-7-6-18(21(3,4)24(22)20(27)28)23(12-22)9-17(26)19-13(2)15-11-29-10-14(15)8-16(19)25/h10,17-19,26H,5-9,11-12H2,1-4H3,(H,27,28). The van der Waals surface area contributed by atoms with E-state index >= 15 is 0 Å². The van der Waals surface area contributed by atoms with E-state index in [0.29, 0.717) is 26.1 Å². The predicted octanol–water partition coefficient (Wildman–Crippen LogP) is 2.55. The summed E-state index contributed by atoms with van der Waals surface area (Å²) < 4.78 is 5.39. The minimum atomic E-state index is -0.870. The number of ether oxygens (including phenoxy) is 1. The number of rotatable bonds is 4. The maximum Gasteiger partial charge on any atom is 0.408 e. The van der Waals surface area contributed by atoms with Crippen molar-refractivity contribution in [2.45, 2.75) is 76.6 Å². The Hall–Kier alpha value is -1.86.